The van der Waals surface area contributed by atoms with Crippen LogP contribution < -0.4 is 0 Å². The molecule has 6 nitrogen and oxygen atoms in total. The molecule has 118 valence electrons. The van der Waals surface area contributed by atoms with Crippen molar-refractivity contribution >= 4 is 0 Å². The van der Waals surface area contributed by atoms with Crippen molar-refractivity contribution in [3.63, 3.8) is 0 Å². The summed E-state index contributed by atoms with van der Waals surface area (Å²) in [6.07, 6.45) is 3.64. The van der Waals surface area contributed by atoms with Gasteiger partial charge in [-0.1, -0.05) is 6.42 Å². The largest absolute Gasteiger partial charge is 0.446 e. The molecule has 2 aromatic rings. The van der Waals surface area contributed by atoms with Crippen LogP contribution in [0.2, 0.25) is 0 Å². The summed E-state index contributed by atoms with van der Waals surface area (Å²) >= 11 is 0. The van der Waals surface area contributed by atoms with Gasteiger partial charge in [0.2, 0.25) is 11.8 Å². The minimum Gasteiger partial charge on any atom is -0.446 e. The third-order valence-electron chi connectivity index (χ3n) is 5.27. The molecule has 1 aliphatic carbocycles. The predicted octanol–water partition coefficient (Wildman–Crippen LogP) is 2.54. The third kappa shape index (κ3) is 2.08. The highest BCUT2D eigenvalue weighted by Crippen LogP contribution is 2.50. The van der Waals surface area contributed by atoms with E-state index in [1.165, 1.54) is 12.8 Å². The summed E-state index contributed by atoms with van der Waals surface area (Å²) in [5.41, 5.74) is 1.10. The van der Waals surface area contributed by atoms with Crippen LogP contribution in [0.25, 0.3) is 0 Å². The highest BCUT2D eigenvalue weighted by atomic mass is 16.4. The first kappa shape index (κ1) is 13.9. The highest BCUT2D eigenvalue weighted by Gasteiger charge is 2.53. The lowest BCUT2D eigenvalue weighted by Gasteiger charge is -2.24. The first-order valence-electron chi connectivity index (χ1n) is 8.03. The molecule has 2 fully saturated rings. The zero-order valence-corrected chi connectivity index (χ0v) is 13.4. The van der Waals surface area contributed by atoms with Crippen molar-refractivity contribution in [1.29, 1.82) is 0 Å². The van der Waals surface area contributed by atoms with E-state index >= 15 is 0 Å². The van der Waals surface area contributed by atoms with E-state index in [1.807, 2.05) is 20.8 Å². The van der Waals surface area contributed by atoms with Gasteiger partial charge >= 0.3 is 0 Å². The maximum Gasteiger partial charge on any atom is 0.224 e. The van der Waals surface area contributed by atoms with Crippen LogP contribution in [0.4, 0.5) is 0 Å². The Morgan fingerprint density at radius 3 is 2.73 bits per heavy atom. The van der Waals surface area contributed by atoms with Crippen LogP contribution in [0.5, 0.6) is 0 Å². The van der Waals surface area contributed by atoms with E-state index in [2.05, 4.69) is 20.1 Å². The molecular weight excluding hydrogens is 280 g/mol. The number of hydrogen-bond donors (Lipinski definition) is 0. The first-order valence-corrected chi connectivity index (χ1v) is 8.03. The molecule has 0 unspecified atom stereocenters. The molecule has 2 aromatic heterocycles. The summed E-state index contributed by atoms with van der Waals surface area (Å²) in [4.78, 5) is 6.97. The molecule has 22 heavy (non-hydrogen) atoms. The predicted molar refractivity (Wildman–Crippen MR) is 79.3 cm³/mol. The van der Waals surface area contributed by atoms with E-state index in [4.69, 9.17) is 8.83 Å². The van der Waals surface area contributed by atoms with Gasteiger partial charge in [-0.25, -0.2) is 4.98 Å². The fraction of sp³-hybridized carbons (Fsp3) is 0.688. The molecule has 6 heteroatoms. The second-order valence-corrected chi connectivity index (χ2v) is 6.78. The second kappa shape index (κ2) is 4.91. The SMILES string of the molecule is Cc1nnc([C@]23CCC[C@H]2CN(Cc2nc(C)oc2C)C3)o1. The summed E-state index contributed by atoms with van der Waals surface area (Å²) in [5.74, 6) is 3.78. The van der Waals surface area contributed by atoms with Crippen LogP contribution in [0.3, 0.4) is 0 Å². The standard InChI is InChI=1S/C16H22N4O2/c1-10-14(17-11(2)21-10)8-20-7-13-5-4-6-16(13,9-20)15-19-18-12(3)22-15/h13H,4-9H2,1-3H3/t13-,16-/m0/s1. The summed E-state index contributed by atoms with van der Waals surface area (Å²) in [6, 6.07) is 0. The van der Waals surface area contributed by atoms with Gasteiger partial charge in [0.1, 0.15) is 5.76 Å². The van der Waals surface area contributed by atoms with Crippen molar-refractivity contribution in [2.24, 2.45) is 5.92 Å². The normalized spacial score (nSPS) is 28.4. The maximum atomic E-state index is 5.82. The number of rotatable bonds is 3. The van der Waals surface area contributed by atoms with Crippen LogP contribution in [0, 0.1) is 26.7 Å². The molecule has 2 aliphatic rings. The van der Waals surface area contributed by atoms with Crippen LogP contribution in [-0.4, -0.2) is 33.2 Å². The molecule has 0 spiro atoms. The van der Waals surface area contributed by atoms with Crippen molar-refractivity contribution < 1.29 is 8.83 Å². The average molecular weight is 302 g/mol. The van der Waals surface area contributed by atoms with E-state index in [0.717, 1.165) is 49.3 Å². The Morgan fingerprint density at radius 1 is 1.18 bits per heavy atom. The highest BCUT2D eigenvalue weighted by molar-refractivity contribution is 5.18. The zero-order chi connectivity index (χ0) is 15.3. The van der Waals surface area contributed by atoms with E-state index in [1.54, 1.807) is 0 Å². The summed E-state index contributed by atoms with van der Waals surface area (Å²) < 4.78 is 11.4. The minimum absolute atomic E-state index is 0.0495. The van der Waals surface area contributed by atoms with Crippen molar-refractivity contribution in [1.82, 2.24) is 20.1 Å². The van der Waals surface area contributed by atoms with Crippen molar-refractivity contribution in [2.45, 2.75) is 52.0 Å². The van der Waals surface area contributed by atoms with Crippen LogP contribution in [0.1, 0.15) is 48.4 Å². The Kier molecular flexibility index (Phi) is 3.11. The van der Waals surface area contributed by atoms with Gasteiger partial charge in [-0.2, -0.15) is 0 Å². The lowest BCUT2D eigenvalue weighted by Crippen LogP contribution is -2.32. The van der Waals surface area contributed by atoms with Crippen molar-refractivity contribution in [2.75, 3.05) is 13.1 Å². The number of hydrogen-bond acceptors (Lipinski definition) is 6. The molecule has 2 atom stereocenters. The lowest BCUT2D eigenvalue weighted by molar-refractivity contribution is 0.263. The van der Waals surface area contributed by atoms with Gasteiger partial charge in [-0.15, -0.1) is 10.2 Å². The van der Waals surface area contributed by atoms with Gasteiger partial charge in [0.05, 0.1) is 11.1 Å². The smallest absolute Gasteiger partial charge is 0.224 e. The van der Waals surface area contributed by atoms with Gasteiger partial charge in [-0.05, 0) is 25.7 Å². The molecule has 0 radical (unpaired) electrons. The second-order valence-electron chi connectivity index (χ2n) is 6.78. The molecule has 1 aliphatic heterocycles. The topological polar surface area (TPSA) is 68.2 Å². The summed E-state index contributed by atoms with van der Waals surface area (Å²) in [7, 11) is 0. The van der Waals surface area contributed by atoms with Crippen LogP contribution >= 0.6 is 0 Å². The maximum absolute atomic E-state index is 5.82. The number of oxazole rings is 1. The van der Waals surface area contributed by atoms with Crippen molar-refractivity contribution in [3.8, 4) is 0 Å². The van der Waals surface area contributed by atoms with E-state index in [-0.39, 0.29) is 5.41 Å². The Labute approximate surface area is 129 Å². The molecule has 0 N–H and O–H groups in total. The van der Waals surface area contributed by atoms with Gasteiger partial charge in [-0.3, -0.25) is 4.90 Å². The summed E-state index contributed by atoms with van der Waals surface area (Å²) in [5, 5.41) is 8.40. The molecule has 3 heterocycles. The molecule has 0 bridgehead atoms. The summed E-state index contributed by atoms with van der Waals surface area (Å²) in [6.45, 7) is 8.65. The van der Waals surface area contributed by atoms with Crippen LogP contribution in [-0.2, 0) is 12.0 Å². The number of nitrogens with zero attached hydrogens (tertiary/aromatic N) is 4. The van der Waals surface area contributed by atoms with E-state index < -0.39 is 0 Å². The molecule has 1 saturated carbocycles. The van der Waals surface area contributed by atoms with Gasteiger partial charge in [0, 0.05) is 33.5 Å². The quantitative estimate of drug-likeness (QED) is 0.868. The van der Waals surface area contributed by atoms with Gasteiger partial charge in [0.25, 0.3) is 0 Å². The molecule has 1 saturated heterocycles. The monoisotopic (exact) mass is 302 g/mol. The average Bonchev–Trinajstić information content (AvgIpc) is 3.15. The Balaban J connectivity index is 1.58. The molecule has 0 amide bonds. The van der Waals surface area contributed by atoms with Gasteiger partial charge in [0.15, 0.2) is 5.89 Å². The molecular formula is C16H22N4O2. The fourth-order valence-corrected chi connectivity index (χ4v) is 4.29. The molecule has 4 rings (SSSR count). The Hall–Kier alpha value is -1.69. The Bertz CT molecular complexity index is 692. The number of likely N-dealkylation sites (tertiary alicyclic amines) is 1. The van der Waals surface area contributed by atoms with Gasteiger partial charge < -0.3 is 8.83 Å². The fourth-order valence-electron chi connectivity index (χ4n) is 4.29. The number of aryl methyl sites for hydroxylation is 3. The third-order valence-corrected chi connectivity index (χ3v) is 5.27. The zero-order valence-electron chi connectivity index (χ0n) is 13.4. The first-order chi connectivity index (χ1) is 10.6. The molecule has 0 aromatic carbocycles. The van der Waals surface area contributed by atoms with Crippen LogP contribution in [0.15, 0.2) is 8.83 Å². The Morgan fingerprint density at radius 2 is 2.05 bits per heavy atom. The minimum atomic E-state index is 0.0495. The number of fused-ring (bicyclic) bond motifs is 1. The van der Waals surface area contributed by atoms with E-state index in [0.29, 0.717) is 11.8 Å². The van der Waals surface area contributed by atoms with Crippen molar-refractivity contribution in [3.05, 3.63) is 29.1 Å². The number of aromatic nitrogens is 3. The van der Waals surface area contributed by atoms with E-state index in [9.17, 15) is 0 Å². The lowest BCUT2D eigenvalue weighted by atomic mass is 9.80.